The number of pyridine rings is 1. The van der Waals surface area contributed by atoms with Crippen LogP contribution in [0.1, 0.15) is 35.9 Å². The normalized spacial score (nSPS) is 15.5. The maximum Gasteiger partial charge on any atom is 0.373 e. The van der Waals surface area contributed by atoms with E-state index < -0.39 is 0 Å². The molecule has 2 aromatic heterocycles. The molecule has 8 nitrogen and oxygen atoms in total. The maximum absolute atomic E-state index is 13.1. The van der Waals surface area contributed by atoms with Crippen LogP contribution < -0.4 is 15.0 Å². The zero-order valence-electron chi connectivity index (χ0n) is 17.7. The number of benzene rings is 1. The van der Waals surface area contributed by atoms with Crippen molar-refractivity contribution >= 4 is 23.4 Å². The molecule has 0 spiro atoms. The predicted molar refractivity (Wildman–Crippen MR) is 115 cm³/mol. The van der Waals surface area contributed by atoms with Crippen molar-refractivity contribution in [2.24, 2.45) is 0 Å². The number of anilines is 1. The first kappa shape index (κ1) is 22.1. The lowest BCUT2D eigenvalue weighted by Crippen LogP contribution is -2.48. The van der Waals surface area contributed by atoms with Crippen molar-refractivity contribution in [3.8, 4) is 5.75 Å². The van der Waals surface area contributed by atoms with Gasteiger partial charge in [0.2, 0.25) is 0 Å². The van der Waals surface area contributed by atoms with Crippen molar-refractivity contribution in [3.63, 3.8) is 0 Å². The van der Waals surface area contributed by atoms with Gasteiger partial charge in [0.05, 0.1) is 12.3 Å². The van der Waals surface area contributed by atoms with Crippen molar-refractivity contribution in [2.75, 3.05) is 24.6 Å². The van der Waals surface area contributed by atoms with E-state index in [0.29, 0.717) is 29.4 Å². The van der Waals surface area contributed by atoms with Gasteiger partial charge in [0.1, 0.15) is 5.69 Å². The van der Waals surface area contributed by atoms with Gasteiger partial charge in [0, 0.05) is 31.0 Å². The minimum atomic E-state index is -0.0847. The number of amides is 1. The fraction of sp³-hybridized carbons (Fsp3) is 0.348. The molecule has 1 fully saturated rings. The number of carbonyl (C=O) groups is 1. The molecular formula is C23H26N4O4. The van der Waals surface area contributed by atoms with Crippen LogP contribution in [0.15, 0.2) is 48.7 Å². The molecular weight excluding hydrogens is 396 g/mol. The van der Waals surface area contributed by atoms with Gasteiger partial charge in [-0.3, -0.25) is 9.20 Å². The Morgan fingerprint density at radius 3 is 2.68 bits per heavy atom. The second-order valence-electron chi connectivity index (χ2n) is 7.22. The van der Waals surface area contributed by atoms with Gasteiger partial charge in [-0.2, -0.15) is 9.59 Å². The number of imidazole rings is 1. The summed E-state index contributed by atoms with van der Waals surface area (Å²) in [5.74, 6) is 0.610. The van der Waals surface area contributed by atoms with Gasteiger partial charge in [-0.1, -0.05) is 18.2 Å². The molecule has 0 unspecified atom stereocenters. The van der Waals surface area contributed by atoms with E-state index in [-0.39, 0.29) is 18.1 Å². The first-order chi connectivity index (χ1) is 15.1. The van der Waals surface area contributed by atoms with Crippen LogP contribution in [-0.2, 0) is 9.59 Å². The van der Waals surface area contributed by atoms with Crippen molar-refractivity contribution < 1.29 is 19.1 Å². The number of carbonyl (C=O) groups excluding carboxylic acids is 3. The number of ether oxygens (including phenoxy) is 1. The highest BCUT2D eigenvalue weighted by Crippen LogP contribution is 2.23. The minimum Gasteiger partial charge on any atom is -0.490 e. The summed E-state index contributed by atoms with van der Waals surface area (Å²) in [5.41, 5.74) is 3.17. The number of hydrogen-bond donors (Lipinski definition) is 1. The number of aryl methyl sites for hydroxylation is 1. The quantitative estimate of drug-likeness (QED) is 0.680. The summed E-state index contributed by atoms with van der Waals surface area (Å²) < 4.78 is 7.49. The molecule has 0 radical (unpaired) electrons. The Balaban J connectivity index is 0.000000858. The molecule has 3 aromatic rings. The SMILES string of the molecule is CCOc1cccn2c(C(=O)N[C@H]3CCCN(c4ccccc4)C3)c(C)nc12.O=C=O. The summed E-state index contributed by atoms with van der Waals surface area (Å²) in [4.78, 5) is 36.3. The number of piperidine rings is 1. The third-order valence-corrected chi connectivity index (χ3v) is 5.18. The molecule has 1 N–H and O–H groups in total. The Morgan fingerprint density at radius 2 is 1.97 bits per heavy atom. The van der Waals surface area contributed by atoms with E-state index in [0.717, 1.165) is 25.9 Å². The average Bonchev–Trinajstić information content (AvgIpc) is 3.12. The van der Waals surface area contributed by atoms with Crippen molar-refractivity contribution in [2.45, 2.75) is 32.7 Å². The predicted octanol–water partition coefficient (Wildman–Crippen LogP) is 2.86. The summed E-state index contributed by atoms with van der Waals surface area (Å²) in [5, 5.41) is 3.22. The Hall–Kier alpha value is -3.64. The van der Waals surface area contributed by atoms with Crippen LogP contribution >= 0.6 is 0 Å². The number of nitrogens with one attached hydrogen (secondary N) is 1. The van der Waals surface area contributed by atoms with E-state index in [1.807, 2.05) is 42.6 Å². The molecule has 1 atom stereocenters. The Morgan fingerprint density at radius 1 is 1.23 bits per heavy atom. The van der Waals surface area contributed by atoms with Crippen molar-refractivity contribution in [1.29, 1.82) is 0 Å². The number of hydrogen-bond acceptors (Lipinski definition) is 6. The monoisotopic (exact) mass is 422 g/mol. The Kier molecular flexibility index (Phi) is 7.40. The highest BCUT2D eigenvalue weighted by molar-refractivity contribution is 5.95. The lowest BCUT2D eigenvalue weighted by atomic mass is 10.0. The topological polar surface area (TPSA) is 93.0 Å². The molecule has 1 aliphatic heterocycles. The van der Waals surface area contributed by atoms with Crippen LogP contribution in [0.25, 0.3) is 5.65 Å². The van der Waals surface area contributed by atoms with Crippen LogP contribution in [0.3, 0.4) is 0 Å². The van der Waals surface area contributed by atoms with E-state index >= 15 is 0 Å². The van der Waals surface area contributed by atoms with Gasteiger partial charge in [-0.15, -0.1) is 0 Å². The summed E-state index contributed by atoms with van der Waals surface area (Å²) in [6.07, 6.45) is 4.15. The van der Waals surface area contributed by atoms with Crippen LogP contribution in [0.5, 0.6) is 5.75 Å². The molecule has 4 rings (SSSR count). The minimum absolute atomic E-state index is 0.0847. The fourth-order valence-corrected chi connectivity index (χ4v) is 3.92. The highest BCUT2D eigenvalue weighted by atomic mass is 16.5. The van der Waals surface area contributed by atoms with Crippen molar-refractivity contribution in [1.82, 2.24) is 14.7 Å². The molecule has 1 aromatic carbocycles. The molecule has 3 heterocycles. The van der Waals surface area contributed by atoms with Crippen LogP contribution in [0.2, 0.25) is 0 Å². The summed E-state index contributed by atoms with van der Waals surface area (Å²) >= 11 is 0. The van der Waals surface area contributed by atoms with Gasteiger partial charge in [-0.25, -0.2) is 4.98 Å². The summed E-state index contributed by atoms with van der Waals surface area (Å²) in [6, 6.07) is 14.2. The molecule has 8 heteroatoms. The number of rotatable bonds is 5. The zero-order chi connectivity index (χ0) is 22.2. The zero-order valence-corrected chi connectivity index (χ0v) is 17.7. The average molecular weight is 422 g/mol. The lowest BCUT2D eigenvalue weighted by Gasteiger charge is -2.34. The van der Waals surface area contributed by atoms with E-state index in [9.17, 15) is 4.79 Å². The Labute approximate surface area is 180 Å². The summed E-state index contributed by atoms with van der Waals surface area (Å²) in [6.45, 7) is 6.20. The largest absolute Gasteiger partial charge is 0.490 e. The number of fused-ring (bicyclic) bond motifs is 1. The molecule has 1 aliphatic rings. The van der Waals surface area contributed by atoms with Gasteiger partial charge in [-0.05, 0) is 51.0 Å². The van der Waals surface area contributed by atoms with E-state index in [1.165, 1.54) is 5.69 Å². The Bertz CT molecular complexity index is 1060. The van der Waals surface area contributed by atoms with E-state index in [1.54, 1.807) is 0 Å². The molecule has 31 heavy (non-hydrogen) atoms. The molecule has 0 saturated carbocycles. The highest BCUT2D eigenvalue weighted by Gasteiger charge is 2.25. The van der Waals surface area contributed by atoms with Gasteiger partial charge in [0.15, 0.2) is 11.4 Å². The van der Waals surface area contributed by atoms with Crippen LogP contribution in [-0.4, -0.2) is 47.2 Å². The van der Waals surface area contributed by atoms with Gasteiger partial charge < -0.3 is 15.0 Å². The van der Waals surface area contributed by atoms with Crippen LogP contribution in [0, 0.1) is 6.92 Å². The first-order valence-electron chi connectivity index (χ1n) is 10.3. The van der Waals surface area contributed by atoms with Crippen LogP contribution in [0.4, 0.5) is 5.69 Å². The molecule has 0 bridgehead atoms. The fourth-order valence-electron chi connectivity index (χ4n) is 3.92. The molecule has 162 valence electrons. The van der Waals surface area contributed by atoms with E-state index in [2.05, 4.69) is 39.5 Å². The number of nitrogens with zero attached hydrogens (tertiary/aromatic N) is 3. The van der Waals surface area contributed by atoms with E-state index in [4.69, 9.17) is 14.3 Å². The number of para-hydroxylation sites is 1. The maximum atomic E-state index is 13.1. The van der Waals surface area contributed by atoms with Gasteiger partial charge >= 0.3 is 6.15 Å². The number of aromatic nitrogens is 2. The second kappa shape index (κ2) is 10.4. The standard InChI is InChI=1S/C22H26N4O2.CO2/c1-3-28-19-12-8-14-26-20(16(2)23-21(19)26)22(27)24-17-9-7-13-25(15-17)18-10-5-4-6-11-18;2-1-3/h4-6,8,10-12,14,17H,3,7,9,13,15H2,1-2H3,(H,24,27);/t17-;/m0./s1. The summed E-state index contributed by atoms with van der Waals surface area (Å²) in [7, 11) is 0. The third-order valence-electron chi connectivity index (χ3n) is 5.18. The van der Waals surface area contributed by atoms with Crippen molar-refractivity contribution in [3.05, 3.63) is 60.0 Å². The second-order valence-corrected chi connectivity index (χ2v) is 7.22. The smallest absolute Gasteiger partial charge is 0.373 e. The lowest BCUT2D eigenvalue weighted by molar-refractivity contribution is -0.191. The molecule has 0 aliphatic carbocycles. The van der Waals surface area contributed by atoms with Gasteiger partial charge in [0.25, 0.3) is 5.91 Å². The molecule has 1 amide bonds. The third kappa shape index (κ3) is 5.10. The first-order valence-corrected chi connectivity index (χ1v) is 10.3. The molecule has 1 saturated heterocycles.